The van der Waals surface area contributed by atoms with E-state index in [2.05, 4.69) is 10.9 Å². The molecule has 0 aromatic heterocycles. The monoisotopic (exact) mass is 297 g/mol. The molecule has 0 rings (SSSR count). The van der Waals surface area contributed by atoms with Crippen LogP contribution in [0.1, 0.15) is 6.92 Å². The smallest absolute Gasteiger partial charge is 0.323 e. The minimum Gasteiger partial charge on any atom is -0.480 e. The number of carbonyl (C=O) groups excluding carboxylic acids is 1. The summed E-state index contributed by atoms with van der Waals surface area (Å²) in [7, 11) is 2.33. The molecule has 0 spiro atoms. The molecule has 0 saturated carbocycles. The Balaban J connectivity index is 3.87. The summed E-state index contributed by atoms with van der Waals surface area (Å²) >= 11 is 0. The van der Waals surface area contributed by atoms with E-state index in [1.54, 1.807) is 0 Å². The number of carbonyl (C=O) groups is 3. The van der Waals surface area contributed by atoms with Gasteiger partial charge in [0, 0.05) is 18.4 Å². The molecule has 0 saturated heterocycles. The van der Waals surface area contributed by atoms with Crippen LogP contribution in [-0.2, 0) is 14.4 Å². The zero-order valence-electron chi connectivity index (χ0n) is 9.58. The summed E-state index contributed by atoms with van der Waals surface area (Å²) in [5, 5.41) is 17.4. The maximum Gasteiger partial charge on any atom is 0.323 e. The summed E-state index contributed by atoms with van der Waals surface area (Å²) in [4.78, 5) is 31.8. The average Bonchev–Trinajstić information content (AvgIpc) is 2.26. The van der Waals surface area contributed by atoms with Crippen LogP contribution in [-0.4, -0.2) is 51.6 Å². The maximum absolute atomic E-state index is 10.8. The van der Waals surface area contributed by atoms with Gasteiger partial charge >= 0.3 is 11.9 Å². The van der Waals surface area contributed by atoms with Crippen LogP contribution >= 0.6 is 21.6 Å². The second kappa shape index (κ2) is 9.03. The van der Waals surface area contributed by atoms with Gasteiger partial charge in [0.25, 0.3) is 0 Å². The van der Waals surface area contributed by atoms with Crippen molar-refractivity contribution < 1.29 is 24.6 Å². The van der Waals surface area contributed by atoms with Gasteiger partial charge in [-0.2, -0.15) is 0 Å². The molecule has 0 radical (unpaired) electrons. The average molecular weight is 297 g/mol. The molecule has 0 heterocycles. The zero-order valence-corrected chi connectivity index (χ0v) is 11.2. The predicted octanol–water partition coefficient (Wildman–Crippen LogP) is -1.13. The fourth-order valence-corrected chi connectivity index (χ4v) is 2.94. The normalized spacial score (nSPS) is 13.7. The van der Waals surface area contributed by atoms with E-state index >= 15 is 0 Å². The third-order valence-electron chi connectivity index (χ3n) is 1.60. The standard InChI is InChI=1S/C8H15N3O5S2/c1-4(12)10-11-6(8(15)16)3-18-17-2-5(9)7(13)14/h5-6,11H,2-3,9H2,1H3,(H,10,12)(H,13,14)(H,15,16)/t5-,6-/m0/s1. The molecule has 8 nitrogen and oxygen atoms in total. The molecule has 104 valence electrons. The molecular formula is C8H15N3O5S2. The number of hydrazine groups is 1. The Labute approximate surface area is 111 Å². The van der Waals surface area contributed by atoms with E-state index in [0.29, 0.717) is 0 Å². The highest BCUT2D eigenvalue weighted by molar-refractivity contribution is 8.76. The minimum atomic E-state index is -1.11. The molecule has 0 aliphatic carbocycles. The highest BCUT2D eigenvalue weighted by Gasteiger charge is 2.18. The van der Waals surface area contributed by atoms with Crippen LogP contribution in [0.2, 0.25) is 0 Å². The second-order valence-corrected chi connectivity index (χ2v) is 5.78. The molecule has 0 aromatic carbocycles. The van der Waals surface area contributed by atoms with E-state index < -0.39 is 29.9 Å². The van der Waals surface area contributed by atoms with Crippen LogP contribution in [0.15, 0.2) is 0 Å². The van der Waals surface area contributed by atoms with Gasteiger partial charge in [0.15, 0.2) is 0 Å². The van der Waals surface area contributed by atoms with Gasteiger partial charge in [0.05, 0.1) is 0 Å². The number of aliphatic carboxylic acids is 2. The van der Waals surface area contributed by atoms with Crippen molar-refractivity contribution in [1.29, 1.82) is 0 Å². The lowest BCUT2D eigenvalue weighted by Gasteiger charge is -2.14. The lowest BCUT2D eigenvalue weighted by molar-refractivity contribution is -0.139. The van der Waals surface area contributed by atoms with E-state index in [9.17, 15) is 14.4 Å². The quantitative estimate of drug-likeness (QED) is 0.203. The first-order valence-electron chi connectivity index (χ1n) is 4.82. The first kappa shape index (κ1) is 17.0. The molecule has 0 aliphatic heterocycles. The van der Waals surface area contributed by atoms with E-state index in [1.165, 1.54) is 17.7 Å². The largest absolute Gasteiger partial charge is 0.480 e. The first-order valence-corrected chi connectivity index (χ1v) is 7.31. The molecule has 0 aromatic rings. The van der Waals surface area contributed by atoms with Crippen molar-refractivity contribution in [3.8, 4) is 0 Å². The van der Waals surface area contributed by atoms with Gasteiger partial charge in [-0.1, -0.05) is 21.6 Å². The molecule has 0 fully saturated rings. The van der Waals surface area contributed by atoms with E-state index in [1.807, 2.05) is 0 Å². The molecule has 0 unspecified atom stereocenters. The SMILES string of the molecule is CC(=O)NN[C@@H](CSSC[C@H](N)C(=O)O)C(=O)O. The molecule has 2 atom stereocenters. The Hall–Kier alpha value is -0.970. The second-order valence-electron chi connectivity index (χ2n) is 3.23. The fraction of sp³-hybridized carbons (Fsp3) is 0.625. The Morgan fingerprint density at radius 3 is 2.17 bits per heavy atom. The number of hydrogen-bond acceptors (Lipinski definition) is 7. The van der Waals surface area contributed by atoms with Crippen molar-refractivity contribution in [1.82, 2.24) is 10.9 Å². The van der Waals surface area contributed by atoms with Crippen molar-refractivity contribution in [2.75, 3.05) is 11.5 Å². The van der Waals surface area contributed by atoms with Gasteiger partial charge < -0.3 is 15.9 Å². The molecule has 10 heteroatoms. The minimum absolute atomic E-state index is 0.159. The third kappa shape index (κ3) is 8.17. The molecule has 6 N–H and O–H groups in total. The van der Waals surface area contributed by atoms with Crippen molar-refractivity contribution in [3.63, 3.8) is 0 Å². The van der Waals surface area contributed by atoms with Crippen LogP contribution in [0, 0.1) is 0 Å². The summed E-state index contributed by atoms with van der Waals surface area (Å²) in [6.07, 6.45) is 0. The Bertz CT molecular complexity index is 315. The molecule has 0 aliphatic rings. The number of carboxylic acid groups (broad SMARTS) is 2. The van der Waals surface area contributed by atoms with Crippen LogP contribution < -0.4 is 16.6 Å². The summed E-state index contributed by atoms with van der Waals surface area (Å²) in [6.45, 7) is 1.25. The van der Waals surface area contributed by atoms with Crippen molar-refractivity contribution in [2.45, 2.75) is 19.0 Å². The van der Waals surface area contributed by atoms with Crippen LogP contribution in [0.25, 0.3) is 0 Å². The lowest BCUT2D eigenvalue weighted by atomic mass is 10.4. The highest BCUT2D eigenvalue weighted by Crippen LogP contribution is 2.22. The van der Waals surface area contributed by atoms with Crippen LogP contribution in [0.5, 0.6) is 0 Å². The molecule has 0 bridgehead atoms. The summed E-state index contributed by atoms with van der Waals surface area (Å²) in [6, 6.07) is -1.93. The van der Waals surface area contributed by atoms with Gasteiger partial charge in [-0.3, -0.25) is 19.8 Å². The maximum atomic E-state index is 10.8. The topological polar surface area (TPSA) is 142 Å². The highest BCUT2D eigenvalue weighted by atomic mass is 33.1. The number of nitrogens with two attached hydrogens (primary N) is 1. The number of hydrogen-bond donors (Lipinski definition) is 5. The van der Waals surface area contributed by atoms with Crippen LogP contribution in [0.3, 0.4) is 0 Å². The van der Waals surface area contributed by atoms with Crippen molar-refractivity contribution in [2.24, 2.45) is 5.73 Å². The lowest BCUT2D eigenvalue weighted by Crippen LogP contribution is -2.48. The molecule has 18 heavy (non-hydrogen) atoms. The first-order chi connectivity index (χ1) is 8.34. The van der Waals surface area contributed by atoms with E-state index in [4.69, 9.17) is 15.9 Å². The molecular weight excluding hydrogens is 282 g/mol. The van der Waals surface area contributed by atoms with E-state index in [-0.39, 0.29) is 11.5 Å². The van der Waals surface area contributed by atoms with Gasteiger partial charge in [-0.05, 0) is 0 Å². The van der Waals surface area contributed by atoms with Crippen molar-refractivity contribution >= 4 is 39.4 Å². The fourth-order valence-electron chi connectivity index (χ4n) is 0.672. The number of rotatable bonds is 9. The van der Waals surface area contributed by atoms with Crippen LogP contribution in [0.4, 0.5) is 0 Å². The number of carboxylic acids is 2. The molecule has 1 amide bonds. The Morgan fingerprint density at radius 1 is 1.17 bits per heavy atom. The predicted molar refractivity (Wildman–Crippen MR) is 68.9 cm³/mol. The Morgan fingerprint density at radius 2 is 1.72 bits per heavy atom. The van der Waals surface area contributed by atoms with Gasteiger partial charge in [-0.25, -0.2) is 5.43 Å². The Kier molecular flexibility index (Phi) is 8.54. The summed E-state index contributed by atoms with van der Waals surface area (Å²) < 4.78 is 0. The van der Waals surface area contributed by atoms with Gasteiger partial charge in [0.1, 0.15) is 12.1 Å². The van der Waals surface area contributed by atoms with Crippen molar-refractivity contribution in [3.05, 3.63) is 0 Å². The van der Waals surface area contributed by atoms with Gasteiger partial charge in [-0.15, -0.1) is 0 Å². The summed E-state index contributed by atoms with van der Waals surface area (Å²) in [5.74, 6) is -2.28. The van der Waals surface area contributed by atoms with E-state index in [0.717, 1.165) is 10.8 Å². The summed E-state index contributed by atoms with van der Waals surface area (Å²) in [5.41, 5.74) is 9.80. The van der Waals surface area contributed by atoms with Gasteiger partial charge in [0.2, 0.25) is 5.91 Å². The number of nitrogens with one attached hydrogen (secondary N) is 2. The third-order valence-corrected chi connectivity index (χ3v) is 4.05. The zero-order chi connectivity index (χ0) is 14.1. The number of amides is 1.